The average Bonchev–Trinajstić information content (AvgIpc) is 2.27. The Labute approximate surface area is 108 Å². The van der Waals surface area contributed by atoms with E-state index in [1.807, 2.05) is 20.8 Å². The highest BCUT2D eigenvalue weighted by molar-refractivity contribution is 5.92. The van der Waals surface area contributed by atoms with E-state index < -0.39 is 0 Å². The van der Waals surface area contributed by atoms with Gasteiger partial charge in [-0.15, -0.1) is 0 Å². The fraction of sp³-hybridized carbons (Fsp3) is 0.615. The van der Waals surface area contributed by atoms with Crippen molar-refractivity contribution in [2.45, 2.75) is 53.1 Å². The van der Waals surface area contributed by atoms with Crippen molar-refractivity contribution in [2.75, 3.05) is 5.32 Å². The molecular formula is C13H22N4O. The topological polar surface area (TPSA) is 66.9 Å². The van der Waals surface area contributed by atoms with Crippen LogP contribution in [0.3, 0.4) is 0 Å². The number of carbonyl (C=O) groups excluding carboxylic acids is 1. The zero-order valence-corrected chi connectivity index (χ0v) is 11.7. The summed E-state index contributed by atoms with van der Waals surface area (Å²) in [5.41, 5.74) is 1.19. The normalized spacial score (nSPS) is 12.3. The van der Waals surface area contributed by atoms with Crippen LogP contribution in [0.4, 0.5) is 5.95 Å². The number of rotatable bonds is 5. The van der Waals surface area contributed by atoms with Crippen LogP contribution in [-0.2, 0) is 0 Å². The van der Waals surface area contributed by atoms with Crippen LogP contribution in [0.15, 0.2) is 6.07 Å². The summed E-state index contributed by atoms with van der Waals surface area (Å²) in [5, 5.41) is 6.00. The van der Waals surface area contributed by atoms with Crippen molar-refractivity contribution in [1.82, 2.24) is 15.3 Å². The summed E-state index contributed by atoms with van der Waals surface area (Å²) >= 11 is 0. The van der Waals surface area contributed by atoms with E-state index in [1.165, 1.54) is 0 Å². The number of nitrogens with one attached hydrogen (secondary N) is 2. The van der Waals surface area contributed by atoms with Crippen LogP contribution < -0.4 is 10.6 Å². The summed E-state index contributed by atoms with van der Waals surface area (Å²) in [6, 6.07) is 2.08. The van der Waals surface area contributed by atoms with E-state index >= 15 is 0 Å². The molecule has 0 fully saturated rings. The van der Waals surface area contributed by atoms with Crippen LogP contribution in [-0.4, -0.2) is 28.0 Å². The van der Waals surface area contributed by atoms with Crippen LogP contribution >= 0.6 is 0 Å². The molecule has 0 aliphatic heterocycles. The minimum absolute atomic E-state index is 0.0961. The zero-order valence-electron chi connectivity index (χ0n) is 11.7. The Morgan fingerprint density at radius 1 is 1.33 bits per heavy atom. The third kappa shape index (κ3) is 4.31. The van der Waals surface area contributed by atoms with Gasteiger partial charge in [-0.05, 0) is 40.2 Å². The van der Waals surface area contributed by atoms with Gasteiger partial charge in [0.1, 0.15) is 5.69 Å². The third-order valence-electron chi connectivity index (χ3n) is 2.49. The fourth-order valence-corrected chi connectivity index (χ4v) is 1.41. The molecule has 0 spiro atoms. The number of amides is 1. The minimum atomic E-state index is -0.164. The van der Waals surface area contributed by atoms with Crippen molar-refractivity contribution in [3.63, 3.8) is 0 Å². The van der Waals surface area contributed by atoms with Crippen molar-refractivity contribution in [2.24, 2.45) is 0 Å². The monoisotopic (exact) mass is 250 g/mol. The van der Waals surface area contributed by atoms with Crippen molar-refractivity contribution in [3.05, 3.63) is 17.5 Å². The van der Waals surface area contributed by atoms with E-state index in [0.29, 0.717) is 11.6 Å². The van der Waals surface area contributed by atoms with Gasteiger partial charge >= 0.3 is 0 Å². The summed E-state index contributed by atoms with van der Waals surface area (Å²) in [7, 11) is 0. The molecule has 1 aromatic rings. The number of aryl methyl sites for hydroxylation is 1. The van der Waals surface area contributed by atoms with Crippen LogP contribution in [0.25, 0.3) is 0 Å². The Morgan fingerprint density at radius 3 is 2.56 bits per heavy atom. The van der Waals surface area contributed by atoms with Crippen molar-refractivity contribution >= 4 is 11.9 Å². The molecular weight excluding hydrogens is 228 g/mol. The van der Waals surface area contributed by atoms with E-state index in [9.17, 15) is 4.79 Å². The number of aromatic nitrogens is 2. The molecule has 0 bridgehead atoms. The van der Waals surface area contributed by atoms with Gasteiger partial charge in [-0.25, -0.2) is 9.97 Å². The summed E-state index contributed by atoms with van der Waals surface area (Å²) in [5.74, 6) is 0.348. The largest absolute Gasteiger partial charge is 0.352 e. The first-order valence-corrected chi connectivity index (χ1v) is 6.35. The summed E-state index contributed by atoms with van der Waals surface area (Å²) in [6.07, 6.45) is 0.977. The first-order valence-electron chi connectivity index (χ1n) is 6.35. The Hall–Kier alpha value is -1.65. The molecule has 0 saturated carbocycles. The highest BCUT2D eigenvalue weighted by Gasteiger charge is 2.12. The number of hydrogen-bond donors (Lipinski definition) is 2. The predicted octanol–water partition coefficient (Wildman–Crippen LogP) is 2.13. The molecule has 1 rings (SSSR count). The van der Waals surface area contributed by atoms with Crippen molar-refractivity contribution < 1.29 is 4.79 Å². The van der Waals surface area contributed by atoms with Gasteiger partial charge < -0.3 is 10.6 Å². The minimum Gasteiger partial charge on any atom is -0.352 e. The molecule has 0 aliphatic carbocycles. The van der Waals surface area contributed by atoms with Crippen LogP contribution in [0, 0.1) is 6.92 Å². The van der Waals surface area contributed by atoms with Gasteiger partial charge in [0.2, 0.25) is 5.95 Å². The lowest BCUT2D eigenvalue weighted by Crippen LogP contribution is -2.31. The lowest BCUT2D eigenvalue weighted by atomic mass is 10.2. The molecule has 1 unspecified atom stereocenters. The maximum Gasteiger partial charge on any atom is 0.270 e. The van der Waals surface area contributed by atoms with Crippen molar-refractivity contribution in [3.8, 4) is 0 Å². The van der Waals surface area contributed by atoms with Gasteiger partial charge in [0, 0.05) is 17.8 Å². The van der Waals surface area contributed by atoms with E-state index in [0.717, 1.165) is 12.1 Å². The number of anilines is 1. The van der Waals surface area contributed by atoms with Gasteiger partial charge in [-0.1, -0.05) is 6.92 Å². The lowest BCUT2D eigenvalue weighted by Gasteiger charge is -2.13. The van der Waals surface area contributed by atoms with Crippen LogP contribution in [0.2, 0.25) is 0 Å². The van der Waals surface area contributed by atoms with E-state index in [2.05, 4.69) is 34.4 Å². The lowest BCUT2D eigenvalue weighted by molar-refractivity contribution is 0.0938. The number of hydrogen-bond acceptors (Lipinski definition) is 4. The van der Waals surface area contributed by atoms with E-state index in [4.69, 9.17) is 0 Å². The molecule has 1 heterocycles. The maximum atomic E-state index is 11.9. The van der Waals surface area contributed by atoms with Crippen LogP contribution in [0.5, 0.6) is 0 Å². The van der Waals surface area contributed by atoms with Crippen LogP contribution in [0.1, 0.15) is 50.3 Å². The van der Waals surface area contributed by atoms with Gasteiger partial charge in [0.05, 0.1) is 0 Å². The molecule has 1 aromatic heterocycles. The second-order valence-electron chi connectivity index (χ2n) is 4.80. The highest BCUT2D eigenvalue weighted by Crippen LogP contribution is 2.07. The zero-order chi connectivity index (χ0) is 13.7. The average molecular weight is 250 g/mol. The van der Waals surface area contributed by atoms with Gasteiger partial charge in [0.25, 0.3) is 5.91 Å². The third-order valence-corrected chi connectivity index (χ3v) is 2.49. The second kappa shape index (κ2) is 6.33. The molecule has 100 valence electrons. The molecule has 0 radical (unpaired) electrons. The fourth-order valence-electron chi connectivity index (χ4n) is 1.41. The molecule has 5 heteroatoms. The SMILES string of the molecule is CCC(C)Nc1nc(C)cc(C(=O)NC(C)C)n1. The molecule has 2 N–H and O–H groups in total. The number of nitrogens with zero attached hydrogens (tertiary/aromatic N) is 2. The molecule has 1 atom stereocenters. The van der Waals surface area contributed by atoms with Gasteiger partial charge in [-0.3, -0.25) is 4.79 Å². The molecule has 0 aliphatic rings. The molecule has 0 aromatic carbocycles. The molecule has 5 nitrogen and oxygen atoms in total. The molecule has 18 heavy (non-hydrogen) atoms. The standard InChI is InChI=1S/C13H22N4O/c1-6-9(4)15-13-16-10(5)7-11(17-13)12(18)14-8(2)3/h7-9H,6H2,1-5H3,(H,14,18)(H,15,16,17). The predicted molar refractivity (Wildman–Crippen MR) is 72.7 cm³/mol. The highest BCUT2D eigenvalue weighted by atomic mass is 16.1. The molecule has 1 amide bonds. The van der Waals surface area contributed by atoms with Gasteiger partial charge in [0.15, 0.2) is 0 Å². The van der Waals surface area contributed by atoms with Gasteiger partial charge in [-0.2, -0.15) is 0 Å². The Morgan fingerprint density at radius 2 is 2.00 bits per heavy atom. The maximum absolute atomic E-state index is 11.9. The summed E-state index contributed by atoms with van der Waals surface area (Å²) < 4.78 is 0. The smallest absolute Gasteiger partial charge is 0.270 e. The number of carbonyl (C=O) groups is 1. The second-order valence-corrected chi connectivity index (χ2v) is 4.80. The quantitative estimate of drug-likeness (QED) is 0.840. The Balaban J connectivity index is 2.90. The molecule has 0 saturated heterocycles. The Bertz CT molecular complexity index is 417. The van der Waals surface area contributed by atoms with Crippen molar-refractivity contribution in [1.29, 1.82) is 0 Å². The Kier molecular flexibility index (Phi) is 5.07. The summed E-state index contributed by atoms with van der Waals surface area (Å²) in [4.78, 5) is 20.4. The summed E-state index contributed by atoms with van der Waals surface area (Å²) in [6.45, 7) is 9.84. The van der Waals surface area contributed by atoms with E-state index in [1.54, 1.807) is 6.07 Å². The first kappa shape index (κ1) is 14.4. The first-order chi connectivity index (χ1) is 8.42. The van der Waals surface area contributed by atoms with E-state index in [-0.39, 0.29) is 18.0 Å².